The molecule has 6 nitrogen and oxygen atoms in total. The summed E-state index contributed by atoms with van der Waals surface area (Å²) in [5.41, 5.74) is -0.262. The van der Waals surface area contributed by atoms with Crippen LogP contribution < -0.4 is 5.32 Å². The molecule has 6 heteroatoms. The zero-order valence-corrected chi connectivity index (χ0v) is 10.0. The van der Waals surface area contributed by atoms with Crippen molar-refractivity contribution >= 4 is 11.9 Å². The Labute approximate surface area is 104 Å². The van der Waals surface area contributed by atoms with E-state index < -0.39 is 23.8 Å². The molecule has 0 aromatic heterocycles. The molecule has 98 valence electrons. The summed E-state index contributed by atoms with van der Waals surface area (Å²) in [7, 11) is 0. The fourth-order valence-electron chi connectivity index (χ4n) is 1.38. The number of aromatic hydroxyl groups is 2. The summed E-state index contributed by atoms with van der Waals surface area (Å²) in [6.45, 7) is 2.99. The lowest BCUT2D eigenvalue weighted by atomic mass is 10.0. The highest BCUT2D eigenvalue weighted by Gasteiger charge is 2.24. The molecular weight excluding hydrogens is 238 g/mol. The van der Waals surface area contributed by atoms with Crippen molar-refractivity contribution in [3.8, 4) is 11.5 Å². The molecule has 2 atom stereocenters. The molecule has 0 aliphatic carbocycles. The Balaban J connectivity index is 2.86. The van der Waals surface area contributed by atoms with Gasteiger partial charge in [-0.05, 0) is 26.0 Å². The standard InChI is InChI=1S/C12H15NO5/c1-6(12(17)18)7(2)13-11(16)10-8(14)4-3-5-9(10)15/h3-7,14-15H,1-2H3,(H,13,16)(H,17,18). The molecule has 0 aliphatic rings. The summed E-state index contributed by atoms with van der Waals surface area (Å²) < 4.78 is 0. The Bertz CT molecular complexity index is 451. The summed E-state index contributed by atoms with van der Waals surface area (Å²) in [5, 5.41) is 30.2. The number of benzene rings is 1. The lowest BCUT2D eigenvalue weighted by Gasteiger charge is -2.18. The van der Waals surface area contributed by atoms with E-state index in [0.29, 0.717) is 0 Å². The number of carboxylic acids is 1. The van der Waals surface area contributed by atoms with Gasteiger partial charge in [0, 0.05) is 6.04 Å². The first kappa shape index (κ1) is 13.8. The molecule has 0 fully saturated rings. The highest BCUT2D eigenvalue weighted by atomic mass is 16.4. The van der Waals surface area contributed by atoms with Gasteiger partial charge in [0.05, 0.1) is 5.92 Å². The minimum absolute atomic E-state index is 0.262. The molecule has 1 aromatic rings. The van der Waals surface area contributed by atoms with Crippen molar-refractivity contribution in [1.29, 1.82) is 0 Å². The number of aliphatic carboxylic acids is 1. The molecule has 2 unspecified atom stereocenters. The van der Waals surface area contributed by atoms with Gasteiger partial charge in [0.1, 0.15) is 17.1 Å². The van der Waals surface area contributed by atoms with Crippen molar-refractivity contribution in [3.05, 3.63) is 23.8 Å². The maximum atomic E-state index is 11.8. The van der Waals surface area contributed by atoms with Crippen LogP contribution in [0.3, 0.4) is 0 Å². The van der Waals surface area contributed by atoms with E-state index in [4.69, 9.17) is 5.11 Å². The molecule has 4 N–H and O–H groups in total. The van der Waals surface area contributed by atoms with Crippen LogP contribution in [0.2, 0.25) is 0 Å². The number of carboxylic acid groups (broad SMARTS) is 1. The van der Waals surface area contributed by atoms with Gasteiger partial charge >= 0.3 is 5.97 Å². The predicted octanol–water partition coefficient (Wildman–Crippen LogP) is 0.937. The molecule has 18 heavy (non-hydrogen) atoms. The number of hydrogen-bond acceptors (Lipinski definition) is 4. The average molecular weight is 253 g/mol. The molecule has 0 bridgehead atoms. The summed E-state index contributed by atoms with van der Waals surface area (Å²) in [6.07, 6.45) is 0. The second-order valence-electron chi connectivity index (χ2n) is 4.06. The van der Waals surface area contributed by atoms with Crippen LogP contribution >= 0.6 is 0 Å². The van der Waals surface area contributed by atoms with Crippen molar-refractivity contribution < 1.29 is 24.9 Å². The lowest BCUT2D eigenvalue weighted by Crippen LogP contribution is -2.40. The molecule has 0 saturated heterocycles. The minimum Gasteiger partial charge on any atom is -0.507 e. The van der Waals surface area contributed by atoms with Crippen LogP contribution in [0.5, 0.6) is 11.5 Å². The molecule has 0 aliphatic heterocycles. The highest BCUT2D eigenvalue weighted by molar-refractivity contribution is 5.99. The predicted molar refractivity (Wildman–Crippen MR) is 63.5 cm³/mol. The normalized spacial score (nSPS) is 13.7. The minimum atomic E-state index is -1.04. The van der Waals surface area contributed by atoms with Crippen molar-refractivity contribution in [1.82, 2.24) is 5.32 Å². The topological polar surface area (TPSA) is 107 Å². The number of nitrogens with one attached hydrogen (secondary N) is 1. The first-order valence-corrected chi connectivity index (χ1v) is 5.39. The SMILES string of the molecule is CC(NC(=O)c1c(O)cccc1O)C(C)C(=O)O. The molecule has 0 saturated carbocycles. The molecule has 1 amide bonds. The Morgan fingerprint density at radius 3 is 2.11 bits per heavy atom. The second-order valence-corrected chi connectivity index (χ2v) is 4.06. The summed E-state index contributed by atoms with van der Waals surface area (Å²) in [5.74, 6) is -3.25. The lowest BCUT2D eigenvalue weighted by molar-refractivity contribution is -0.141. The van der Waals surface area contributed by atoms with E-state index in [9.17, 15) is 19.8 Å². The van der Waals surface area contributed by atoms with Crippen LogP contribution in [0.25, 0.3) is 0 Å². The van der Waals surface area contributed by atoms with E-state index in [1.807, 2.05) is 0 Å². The van der Waals surface area contributed by atoms with E-state index in [-0.39, 0.29) is 17.1 Å². The fourth-order valence-corrected chi connectivity index (χ4v) is 1.38. The Morgan fingerprint density at radius 1 is 1.17 bits per heavy atom. The van der Waals surface area contributed by atoms with Gasteiger partial charge < -0.3 is 20.6 Å². The van der Waals surface area contributed by atoms with Gasteiger partial charge in [0.2, 0.25) is 0 Å². The molecule has 1 aromatic carbocycles. The second kappa shape index (κ2) is 5.39. The number of carbonyl (C=O) groups excluding carboxylic acids is 1. The number of phenolic OH excluding ortho intramolecular Hbond substituents is 2. The first-order chi connectivity index (χ1) is 8.34. The molecule has 0 radical (unpaired) electrons. The van der Waals surface area contributed by atoms with Gasteiger partial charge in [0.25, 0.3) is 5.91 Å². The van der Waals surface area contributed by atoms with Gasteiger partial charge in [-0.25, -0.2) is 0 Å². The summed E-state index contributed by atoms with van der Waals surface area (Å²) >= 11 is 0. The average Bonchev–Trinajstić information content (AvgIpc) is 2.27. The molecule has 0 spiro atoms. The van der Waals surface area contributed by atoms with E-state index in [1.165, 1.54) is 32.0 Å². The maximum absolute atomic E-state index is 11.8. The van der Waals surface area contributed by atoms with Gasteiger partial charge in [-0.15, -0.1) is 0 Å². The van der Waals surface area contributed by atoms with Crippen molar-refractivity contribution in [2.24, 2.45) is 5.92 Å². The monoisotopic (exact) mass is 253 g/mol. The number of carbonyl (C=O) groups is 2. The van der Waals surface area contributed by atoms with Crippen molar-refractivity contribution in [2.45, 2.75) is 19.9 Å². The van der Waals surface area contributed by atoms with Crippen LogP contribution in [0.15, 0.2) is 18.2 Å². The Morgan fingerprint density at radius 2 is 1.67 bits per heavy atom. The smallest absolute Gasteiger partial charge is 0.308 e. The van der Waals surface area contributed by atoms with Crippen molar-refractivity contribution in [2.75, 3.05) is 0 Å². The van der Waals surface area contributed by atoms with Crippen LogP contribution in [-0.2, 0) is 4.79 Å². The number of phenols is 2. The number of rotatable bonds is 4. The molecular formula is C12H15NO5. The largest absolute Gasteiger partial charge is 0.507 e. The van der Waals surface area contributed by atoms with Gasteiger partial charge in [-0.1, -0.05) is 6.07 Å². The zero-order chi connectivity index (χ0) is 13.9. The third-order valence-corrected chi connectivity index (χ3v) is 2.75. The molecule has 0 heterocycles. The first-order valence-electron chi connectivity index (χ1n) is 5.39. The van der Waals surface area contributed by atoms with E-state index in [1.54, 1.807) is 0 Å². The third-order valence-electron chi connectivity index (χ3n) is 2.75. The Kier molecular flexibility index (Phi) is 4.14. The van der Waals surface area contributed by atoms with Gasteiger partial charge in [0.15, 0.2) is 0 Å². The van der Waals surface area contributed by atoms with Crippen LogP contribution in [0.1, 0.15) is 24.2 Å². The molecule has 1 rings (SSSR count). The highest BCUT2D eigenvalue weighted by Crippen LogP contribution is 2.26. The van der Waals surface area contributed by atoms with Crippen LogP contribution in [0.4, 0.5) is 0 Å². The quantitative estimate of drug-likeness (QED) is 0.638. The zero-order valence-electron chi connectivity index (χ0n) is 10.0. The van der Waals surface area contributed by atoms with Crippen LogP contribution in [0, 0.1) is 5.92 Å². The van der Waals surface area contributed by atoms with E-state index in [0.717, 1.165) is 0 Å². The number of hydrogen-bond donors (Lipinski definition) is 4. The Hall–Kier alpha value is -2.24. The van der Waals surface area contributed by atoms with Gasteiger partial charge in [-0.2, -0.15) is 0 Å². The third kappa shape index (κ3) is 2.91. The summed E-state index contributed by atoms with van der Waals surface area (Å²) in [4.78, 5) is 22.5. The summed E-state index contributed by atoms with van der Waals surface area (Å²) in [6, 6.07) is 3.29. The van der Waals surface area contributed by atoms with Gasteiger partial charge in [-0.3, -0.25) is 9.59 Å². The maximum Gasteiger partial charge on any atom is 0.308 e. The van der Waals surface area contributed by atoms with E-state index >= 15 is 0 Å². The number of amides is 1. The fraction of sp³-hybridized carbons (Fsp3) is 0.333. The van der Waals surface area contributed by atoms with Crippen molar-refractivity contribution in [3.63, 3.8) is 0 Å². The van der Waals surface area contributed by atoms with E-state index in [2.05, 4.69) is 5.32 Å². The van der Waals surface area contributed by atoms with Crippen LogP contribution in [-0.4, -0.2) is 33.2 Å².